The first kappa shape index (κ1) is 21.5. The second-order valence-electron chi connectivity index (χ2n) is 9.38. The zero-order valence-electron chi connectivity index (χ0n) is 17.4. The minimum Gasteiger partial charge on any atom is -0.316 e. The number of primary sulfonamides is 1. The fourth-order valence-electron chi connectivity index (χ4n) is 5.44. The van der Waals surface area contributed by atoms with Crippen molar-refractivity contribution in [3.05, 3.63) is 45.8 Å². The van der Waals surface area contributed by atoms with Crippen molar-refractivity contribution >= 4 is 32.3 Å². The molecule has 1 aromatic carbocycles. The molecule has 3 N–H and O–H groups in total. The Morgan fingerprint density at radius 1 is 1.28 bits per heavy atom. The van der Waals surface area contributed by atoms with Crippen molar-refractivity contribution in [1.82, 2.24) is 4.90 Å². The number of hydrogen-bond acceptors (Lipinski definition) is 6. The van der Waals surface area contributed by atoms with Crippen LogP contribution in [0.3, 0.4) is 0 Å². The first-order chi connectivity index (χ1) is 15.1. The number of fused-ring (bicyclic) bond motifs is 1. The number of alkyl halides is 1. The Bertz CT molecular complexity index is 1230. The molecule has 3 saturated carbocycles. The summed E-state index contributed by atoms with van der Waals surface area (Å²) in [5.74, 6) is -0.276. The lowest BCUT2D eigenvalue weighted by Crippen LogP contribution is -2.68. The van der Waals surface area contributed by atoms with E-state index in [0.717, 1.165) is 30.0 Å². The van der Waals surface area contributed by atoms with Gasteiger partial charge in [0.2, 0.25) is 15.9 Å². The number of carbonyl (C=O) groups excluding carboxylic acids is 1. The number of nitriles is 1. The van der Waals surface area contributed by atoms with Crippen LogP contribution in [0.5, 0.6) is 0 Å². The Morgan fingerprint density at radius 3 is 2.56 bits per heavy atom. The maximum Gasteiger partial charge on any atom is 0.238 e. The molecular formula is C22H23FN4O3S2. The summed E-state index contributed by atoms with van der Waals surface area (Å²) in [6.07, 6.45) is 2.86. The third-order valence-electron chi connectivity index (χ3n) is 6.74. The summed E-state index contributed by atoms with van der Waals surface area (Å²) in [5, 5.41) is 18.3. The number of carbonyl (C=O) groups is 1. The number of amides is 1. The van der Waals surface area contributed by atoms with Gasteiger partial charge in [-0.3, -0.25) is 9.69 Å². The molecule has 10 heteroatoms. The number of nitrogens with zero attached hydrogens (tertiary/aromatic N) is 2. The van der Waals surface area contributed by atoms with E-state index in [1.165, 1.54) is 23.5 Å². The lowest BCUT2D eigenvalue weighted by molar-refractivity contribution is -0.222. The lowest BCUT2D eigenvalue weighted by atomic mass is 9.42. The van der Waals surface area contributed by atoms with Gasteiger partial charge in [0.05, 0.1) is 16.9 Å². The molecule has 0 atom stereocenters. The molecule has 3 aliphatic carbocycles. The van der Waals surface area contributed by atoms with Crippen LogP contribution in [0.4, 0.5) is 9.39 Å². The predicted octanol–water partition coefficient (Wildman–Crippen LogP) is 2.70. The van der Waals surface area contributed by atoms with Gasteiger partial charge in [-0.2, -0.15) is 5.26 Å². The number of anilines is 1. The van der Waals surface area contributed by atoms with Gasteiger partial charge in [-0.15, -0.1) is 11.3 Å². The van der Waals surface area contributed by atoms with E-state index in [0.29, 0.717) is 41.9 Å². The largest absolute Gasteiger partial charge is 0.316 e. The Balaban J connectivity index is 1.25. The number of sulfonamides is 1. The first-order valence-corrected chi connectivity index (χ1v) is 12.8. The number of rotatable bonds is 6. The number of thiophene rings is 1. The molecule has 1 amide bonds. The Morgan fingerprint density at radius 2 is 1.97 bits per heavy atom. The van der Waals surface area contributed by atoms with Crippen LogP contribution >= 0.6 is 11.3 Å². The van der Waals surface area contributed by atoms with Gasteiger partial charge in [-0.05, 0) is 48.8 Å². The highest BCUT2D eigenvalue weighted by molar-refractivity contribution is 7.89. The molecule has 2 bridgehead atoms. The molecule has 0 radical (unpaired) electrons. The topological polar surface area (TPSA) is 116 Å². The first-order valence-electron chi connectivity index (χ1n) is 10.5. The maximum atomic E-state index is 13.8. The quantitative estimate of drug-likeness (QED) is 0.668. The molecule has 0 spiro atoms. The molecular weight excluding hydrogens is 451 g/mol. The fraction of sp³-hybridized carbons (Fsp3) is 0.455. The van der Waals surface area contributed by atoms with E-state index in [9.17, 15) is 22.9 Å². The summed E-state index contributed by atoms with van der Waals surface area (Å²) < 4.78 is 36.6. The third kappa shape index (κ3) is 3.83. The highest BCUT2D eigenvalue weighted by atomic mass is 32.2. The van der Waals surface area contributed by atoms with E-state index in [1.54, 1.807) is 12.1 Å². The molecule has 4 aliphatic rings. The van der Waals surface area contributed by atoms with E-state index < -0.39 is 15.7 Å². The zero-order valence-corrected chi connectivity index (χ0v) is 19.0. The van der Waals surface area contributed by atoms with Crippen LogP contribution in [0.15, 0.2) is 29.2 Å². The standard InChI is InChI=1S/C22H23FN4O3S2/c23-22-10-21(11-22,12-22)13-27-6-5-18-17(9-27)16(8-24)20(31-18)26-19(28)7-14-1-3-15(4-2-14)32(25,29)30/h1-4H,5-7,9-13H2,(H,26,28)(H2,25,29,30). The van der Waals surface area contributed by atoms with E-state index >= 15 is 0 Å². The van der Waals surface area contributed by atoms with Crippen molar-refractivity contribution < 1.29 is 17.6 Å². The molecule has 0 saturated heterocycles. The number of benzene rings is 1. The van der Waals surface area contributed by atoms with Crippen LogP contribution in [0.1, 0.15) is 40.8 Å². The van der Waals surface area contributed by atoms with Gasteiger partial charge in [0.15, 0.2) is 0 Å². The monoisotopic (exact) mass is 474 g/mol. The maximum absolute atomic E-state index is 13.8. The van der Waals surface area contributed by atoms with Crippen molar-refractivity contribution in [3.63, 3.8) is 0 Å². The molecule has 6 rings (SSSR count). The van der Waals surface area contributed by atoms with Crippen LogP contribution in [0.2, 0.25) is 0 Å². The molecule has 32 heavy (non-hydrogen) atoms. The van der Waals surface area contributed by atoms with Crippen molar-refractivity contribution in [2.24, 2.45) is 10.6 Å². The van der Waals surface area contributed by atoms with Crippen molar-refractivity contribution in [1.29, 1.82) is 5.26 Å². The summed E-state index contributed by atoms with van der Waals surface area (Å²) in [4.78, 5) is 16.0. The van der Waals surface area contributed by atoms with Crippen LogP contribution in [0, 0.1) is 16.7 Å². The predicted molar refractivity (Wildman–Crippen MR) is 118 cm³/mol. The molecule has 3 fully saturated rings. The molecule has 7 nitrogen and oxygen atoms in total. The van der Waals surface area contributed by atoms with Gasteiger partial charge < -0.3 is 5.32 Å². The van der Waals surface area contributed by atoms with Crippen LogP contribution < -0.4 is 10.5 Å². The van der Waals surface area contributed by atoms with Crippen molar-refractivity contribution in [2.45, 2.75) is 49.2 Å². The summed E-state index contributed by atoms with van der Waals surface area (Å²) in [6.45, 7) is 2.40. The van der Waals surface area contributed by atoms with Gasteiger partial charge in [0, 0.05) is 30.1 Å². The molecule has 0 unspecified atom stereocenters. The lowest BCUT2D eigenvalue weighted by Gasteiger charge is -2.67. The number of nitrogens with two attached hydrogens (primary N) is 1. The molecule has 1 aliphatic heterocycles. The van der Waals surface area contributed by atoms with Crippen LogP contribution in [-0.4, -0.2) is 38.0 Å². The molecule has 168 valence electrons. The van der Waals surface area contributed by atoms with Gasteiger partial charge >= 0.3 is 0 Å². The van der Waals surface area contributed by atoms with Gasteiger partial charge in [0.1, 0.15) is 16.7 Å². The van der Waals surface area contributed by atoms with E-state index in [2.05, 4.69) is 16.3 Å². The number of hydrogen-bond donors (Lipinski definition) is 2. The Kier molecular flexibility index (Phi) is 4.94. The second kappa shape index (κ2) is 7.35. The van der Waals surface area contributed by atoms with E-state index in [4.69, 9.17) is 5.14 Å². The SMILES string of the molecule is N#Cc1c(NC(=O)Cc2ccc(S(N)(=O)=O)cc2)sc2c1CN(CC13CC(F)(C1)C3)CC2. The van der Waals surface area contributed by atoms with Gasteiger partial charge in [-0.1, -0.05) is 12.1 Å². The summed E-state index contributed by atoms with van der Waals surface area (Å²) in [5.41, 5.74) is 1.35. The average Bonchev–Trinajstić information content (AvgIpc) is 3.01. The average molecular weight is 475 g/mol. The van der Waals surface area contributed by atoms with E-state index in [-0.39, 0.29) is 22.6 Å². The minimum absolute atomic E-state index is 0.00976. The van der Waals surface area contributed by atoms with Crippen molar-refractivity contribution in [3.8, 4) is 6.07 Å². The highest BCUT2D eigenvalue weighted by Crippen LogP contribution is 2.69. The normalized spacial score (nSPS) is 26.4. The van der Waals surface area contributed by atoms with Gasteiger partial charge in [0.25, 0.3) is 0 Å². The number of halogens is 1. The Labute approximate surface area is 190 Å². The second-order valence-corrected chi connectivity index (χ2v) is 12.0. The minimum atomic E-state index is -3.78. The fourth-order valence-corrected chi connectivity index (χ4v) is 7.12. The van der Waals surface area contributed by atoms with Crippen LogP contribution in [-0.2, 0) is 34.2 Å². The van der Waals surface area contributed by atoms with Crippen LogP contribution in [0.25, 0.3) is 0 Å². The number of nitrogens with one attached hydrogen (secondary N) is 1. The zero-order chi connectivity index (χ0) is 22.7. The molecule has 2 heterocycles. The summed E-state index contributed by atoms with van der Waals surface area (Å²) in [7, 11) is -3.78. The summed E-state index contributed by atoms with van der Waals surface area (Å²) in [6, 6.07) is 8.09. The van der Waals surface area contributed by atoms with Crippen molar-refractivity contribution in [2.75, 3.05) is 18.4 Å². The smallest absolute Gasteiger partial charge is 0.238 e. The van der Waals surface area contributed by atoms with E-state index in [1.807, 2.05) is 0 Å². The third-order valence-corrected chi connectivity index (χ3v) is 8.88. The Hall–Kier alpha value is -2.32. The molecule has 1 aromatic heterocycles. The highest BCUT2D eigenvalue weighted by Gasteiger charge is 2.69. The van der Waals surface area contributed by atoms with Gasteiger partial charge in [-0.25, -0.2) is 17.9 Å². The summed E-state index contributed by atoms with van der Waals surface area (Å²) >= 11 is 1.44. The molecule has 2 aromatic rings.